The van der Waals surface area contributed by atoms with Gasteiger partial charge >= 0.3 is 0 Å². The molecule has 2 aromatic rings. The van der Waals surface area contributed by atoms with Crippen molar-refractivity contribution in [2.24, 2.45) is 0 Å². The van der Waals surface area contributed by atoms with Crippen LogP contribution in [0.5, 0.6) is 0 Å². The third-order valence-electron chi connectivity index (χ3n) is 2.10. The van der Waals surface area contributed by atoms with E-state index >= 15 is 0 Å². The first-order valence-electron chi connectivity index (χ1n) is 4.06. The van der Waals surface area contributed by atoms with Crippen LogP contribution in [0.3, 0.4) is 0 Å². The molecule has 0 bridgehead atoms. The van der Waals surface area contributed by atoms with Gasteiger partial charge in [-0.1, -0.05) is 6.07 Å². The van der Waals surface area contributed by atoms with Gasteiger partial charge in [0.1, 0.15) is 5.82 Å². The maximum Gasteiger partial charge on any atom is 0.132 e. The van der Waals surface area contributed by atoms with Gasteiger partial charge in [0.05, 0.1) is 5.52 Å². The van der Waals surface area contributed by atoms with Crippen molar-refractivity contribution in [1.29, 1.82) is 0 Å². The number of hydrogen-bond acceptors (Lipinski definition) is 0. The van der Waals surface area contributed by atoms with Crippen LogP contribution < -0.4 is 0 Å². The van der Waals surface area contributed by atoms with Crippen molar-refractivity contribution in [1.82, 2.24) is 4.57 Å². The van der Waals surface area contributed by atoms with Gasteiger partial charge in [0.15, 0.2) is 0 Å². The van der Waals surface area contributed by atoms with Crippen molar-refractivity contribution in [3.05, 3.63) is 36.3 Å². The largest absolute Gasteiger partial charge is 0.348 e. The Kier molecular flexibility index (Phi) is 1.61. The van der Waals surface area contributed by atoms with E-state index in [1.807, 2.05) is 29.8 Å². The number of rotatable bonds is 1. The van der Waals surface area contributed by atoms with Crippen LogP contribution in [0.4, 0.5) is 4.39 Å². The fourth-order valence-corrected chi connectivity index (χ4v) is 1.46. The van der Waals surface area contributed by atoms with E-state index < -0.39 is 0 Å². The Bertz CT molecular complexity index is 403. The highest BCUT2D eigenvalue weighted by Crippen LogP contribution is 2.18. The molecule has 0 saturated heterocycles. The first-order valence-corrected chi connectivity index (χ1v) is 4.06. The maximum absolute atomic E-state index is 13.1. The van der Waals surface area contributed by atoms with Gasteiger partial charge in [-0.15, -0.1) is 0 Å². The van der Waals surface area contributed by atoms with Gasteiger partial charge in [0.25, 0.3) is 0 Å². The number of hydrogen-bond donors (Lipinski definition) is 0. The summed E-state index contributed by atoms with van der Waals surface area (Å²) in [5, 5.41) is 0.708. The summed E-state index contributed by atoms with van der Waals surface area (Å²) in [6.07, 6.45) is 1.91. The van der Waals surface area contributed by atoms with Crippen molar-refractivity contribution in [3.8, 4) is 0 Å². The minimum Gasteiger partial charge on any atom is -0.348 e. The predicted molar refractivity (Wildman–Crippen MR) is 47.6 cm³/mol. The van der Waals surface area contributed by atoms with Crippen molar-refractivity contribution < 1.29 is 4.39 Å². The van der Waals surface area contributed by atoms with Crippen molar-refractivity contribution >= 4 is 10.9 Å². The molecule has 2 heteroatoms. The monoisotopic (exact) mass is 163 g/mol. The summed E-state index contributed by atoms with van der Waals surface area (Å²) in [5.41, 5.74) is 0.970. The highest BCUT2D eigenvalue weighted by Gasteiger charge is 2.02. The average molecular weight is 163 g/mol. The highest BCUT2D eigenvalue weighted by molar-refractivity contribution is 5.80. The predicted octanol–water partition coefficient (Wildman–Crippen LogP) is 2.80. The van der Waals surface area contributed by atoms with Gasteiger partial charge in [0, 0.05) is 18.1 Å². The van der Waals surface area contributed by atoms with E-state index in [-0.39, 0.29) is 5.82 Å². The minimum atomic E-state index is -0.139. The summed E-state index contributed by atoms with van der Waals surface area (Å²) in [6.45, 7) is 2.93. The van der Waals surface area contributed by atoms with E-state index in [2.05, 4.69) is 0 Å². The molecular formula is C10H10FN. The lowest BCUT2D eigenvalue weighted by molar-refractivity contribution is 0.639. The Hall–Kier alpha value is -1.31. The number of nitrogens with zero attached hydrogens (tertiary/aromatic N) is 1. The Morgan fingerprint density at radius 2 is 2.17 bits per heavy atom. The molecule has 1 nitrogen and oxygen atoms in total. The van der Waals surface area contributed by atoms with E-state index in [1.165, 1.54) is 6.07 Å². The second-order valence-corrected chi connectivity index (χ2v) is 2.77. The van der Waals surface area contributed by atoms with Crippen LogP contribution in [-0.4, -0.2) is 4.57 Å². The summed E-state index contributed by atoms with van der Waals surface area (Å²) in [4.78, 5) is 0. The molecule has 1 heterocycles. The Morgan fingerprint density at radius 1 is 1.33 bits per heavy atom. The summed E-state index contributed by atoms with van der Waals surface area (Å²) >= 11 is 0. The lowest BCUT2D eigenvalue weighted by Gasteiger charge is -1.99. The molecule has 0 unspecified atom stereocenters. The van der Waals surface area contributed by atoms with Crippen molar-refractivity contribution in [2.75, 3.05) is 0 Å². The third kappa shape index (κ3) is 0.916. The molecule has 0 aliphatic rings. The molecule has 0 radical (unpaired) electrons. The number of benzene rings is 1. The zero-order valence-electron chi connectivity index (χ0n) is 6.92. The molecule has 0 aliphatic carbocycles. The van der Waals surface area contributed by atoms with Gasteiger partial charge in [0.2, 0.25) is 0 Å². The van der Waals surface area contributed by atoms with E-state index in [0.29, 0.717) is 5.39 Å². The van der Waals surface area contributed by atoms with E-state index in [9.17, 15) is 4.39 Å². The maximum atomic E-state index is 13.1. The van der Waals surface area contributed by atoms with Gasteiger partial charge < -0.3 is 4.57 Å². The van der Waals surface area contributed by atoms with Crippen LogP contribution in [0.15, 0.2) is 30.5 Å². The van der Waals surface area contributed by atoms with E-state index in [4.69, 9.17) is 0 Å². The Balaban J connectivity index is 2.80. The first kappa shape index (κ1) is 7.35. The molecule has 0 spiro atoms. The average Bonchev–Trinajstić information content (AvgIpc) is 2.49. The Labute approximate surface area is 70.4 Å². The van der Waals surface area contributed by atoms with Gasteiger partial charge in [-0.25, -0.2) is 4.39 Å². The zero-order chi connectivity index (χ0) is 8.55. The van der Waals surface area contributed by atoms with Gasteiger partial charge in [-0.05, 0) is 25.1 Å². The highest BCUT2D eigenvalue weighted by atomic mass is 19.1. The number of aromatic nitrogens is 1. The van der Waals surface area contributed by atoms with Crippen molar-refractivity contribution in [2.45, 2.75) is 13.5 Å². The quantitative estimate of drug-likeness (QED) is 0.609. The fourth-order valence-electron chi connectivity index (χ4n) is 1.46. The molecule has 1 aromatic heterocycles. The molecule has 2 rings (SSSR count). The minimum absolute atomic E-state index is 0.139. The smallest absolute Gasteiger partial charge is 0.132 e. The lowest BCUT2D eigenvalue weighted by Crippen LogP contribution is -1.90. The second-order valence-electron chi connectivity index (χ2n) is 2.77. The molecule has 1 aromatic carbocycles. The van der Waals surface area contributed by atoms with Crippen LogP contribution in [0.25, 0.3) is 10.9 Å². The van der Waals surface area contributed by atoms with Crippen LogP contribution in [0.1, 0.15) is 6.92 Å². The molecule has 0 saturated carbocycles. The molecule has 0 fully saturated rings. The molecular weight excluding hydrogens is 153 g/mol. The van der Waals surface area contributed by atoms with Crippen LogP contribution >= 0.6 is 0 Å². The normalized spacial score (nSPS) is 10.8. The fraction of sp³-hybridized carbons (Fsp3) is 0.200. The summed E-state index contributed by atoms with van der Waals surface area (Å²) in [6, 6.07) is 6.97. The third-order valence-corrected chi connectivity index (χ3v) is 2.10. The topological polar surface area (TPSA) is 4.93 Å². The molecule has 0 atom stereocenters. The molecule has 0 aliphatic heterocycles. The SMILES string of the molecule is CCn1ccc2c(F)cccc21. The van der Waals surface area contributed by atoms with Crippen molar-refractivity contribution in [3.63, 3.8) is 0 Å². The summed E-state index contributed by atoms with van der Waals surface area (Å²) in [5.74, 6) is -0.139. The zero-order valence-corrected chi connectivity index (χ0v) is 6.92. The molecule has 0 amide bonds. The summed E-state index contributed by atoms with van der Waals surface area (Å²) in [7, 11) is 0. The molecule has 62 valence electrons. The van der Waals surface area contributed by atoms with Crippen LogP contribution in [0, 0.1) is 5.82 Å². The lowest BCUT2D eigenvalue weighted by atomic mass is 10.2. The first-order chi connectivity index (χ1) is 5.83. The molecule has 0 N–H and O–H groups in total. The standard InChI is InChI=1S/C10H10FN/c1-2-12-7-6-8-9(11)4-3-5-10(8)12/h3-7H,2H2,1H3. The second kappa shape index (κ2) is 2.63. The number of halogens is 1. The van der Waals surface area contributed by atoms with Gasteiger partial charge in [-0.2, -0.15) is 0 Å². The molecule has 12 heavy (non-hydrogen) atoms. The van der Waals surface area contributed by atoms with Crippen LogP contribution in [-0.2, 0) is 6.54 Å². The van der Waals surface area contributed by atoms with E-state index in [1.54, 1.807) is 6.07 Å². The number of aryl methyl sites for hydroxylation is 1. The Morgan fingerprint density at radius 3 is 2.92 bits per heavy atom. The number of fused-ring (bicyclic) bond motifs is 1. The summed E-state index contributed by atoms with van der Waals surface area (Å²) < 4.78 is 15.1. The van der Waals surface area contributed by atoms with E-state index in [0.717, 1.165) is 12.1 Å². The van der Waals surface area contributed by atoms with Crippen LogP contribution in [0.2, 0.25) is 0 Å². The van der Waals surface area contributed by atoms with Gasteiger partial charge in [-0.3, -0.25) is 0 Å².